The third kappa shape index (κ3) is 4.17. The van der Waals surface area contributed by atoms with E-state index in [1.54, 1.807) is 30.3 Å². The normalized spacial score (nSPS) is 15.3. The number of ether oxygens (including phenoxy) is 1. The molecule has 0 saturated carbocycles. The molecule has 1 aromatic heterocycles. The minimum absolute atomic E-state index is 0.220. The van der Waals surface area contributed by atoms with Crippen LogP contribution in [0, 0.1) is 0 Å². The van der Waals surface area contributed by atoms with Gasteiger partial charge >= 0.3 is 0 Å². The van der Waals surface area contributed by atoms with Gasteiger partial charge in [0.1, 0.15) is 0 Å². The summed E-state index contributed by atoms with van der Waals surface area (Å²) < 4.78 is 33.1. The molecule has 1 amide bonds. The average Bonchev–Trinajstić information content (AvgIpc) is 3.15. The fourth-order valence-corrected chi connectivity index (χ4v) is 5.54. The number of hydrogen-bond donors (Lipinski definition) is 1. The predicted octanol–water partition coefficient (Wildman–Crippen LogP) is 2.64. The van der Waals surface area contributed by atoms with Gasteiger partial charge in [0.15, 0.2) is 5.13 Å². The first kappa shape index (κ1) is 20.7. The molecule has 1 aliphatic rings. The Morgan fingerprint density at radius 3 is 2.50 bits per heavy atom. The maximum absolute atomic E-state index is 12.9. The molecule has 0 unspecified atom stereocenters. The minimum Gasteiger partial charge on any atom is -0.379 e. The number of carbonyl (C=O) groups excluding carboxylic acids is 1. The van der Waals surface area contributed by atoms with Crippen LogP contribution in [0.1, 0.15) is 10.4 Å². The molecule has 158 valence electrons. The number of hydrogen-bond acceptors (Lipinski definition) is 7. The predicted molar refractivity (Wildman–Crippen MR) is 118 cm³/mol. The van der Waals surface area contributed by atoms with Gasteiger partial charge in [-0.05, 0) is 42.5 Å². The van der Waals surface area contributed by atoms with Crippen LogP contribution < -0.4 is 10.2 Å². The second-order valence-electron chi connectivity index (χ2n) is 7.06. The van der Waals surface area contributed by atoms with E-state index in [-0.39, 0.29) is 10.8 Å². The quantitative estimate of drug-likeness (QED) is 0.648. The number of anilines is 2. The van der Waals surface area contributed by atoms with Crippen molar-refractivity contribution in [2.45, 2.75) is 4.90 Å². The van der Waals surface area contributed by atoms with Crippen molar-refractivity contribution in [2.24, 2.45) is 0 Å². The van der Waals surface area contributed by atoms with E-state index >= 15 is 0 Å². The number of carbonyl (C=O) groups is 1. The number of amides is 1. The summed E-state index contributed by atoms with van der Waals surface area (Å²) in [5.74, 6) is -0.263. The average molecular weight is 447 g/mol. The minimum atomic E-state index is -3.58. The van der Waals surface area contributed by atoms with Crippen molar-refractivity contribution in [1.29, 1.82) is 0 Å². The number of nitrogens with one attached hydrogen (secondary N) is 1. The molecule has 4 rings (SSSR count). The van der Waals surface area contributed by atoms with Crippen LogP contribution in [-0.2, 0) is 14.8 Å². The topological polar surface area (TPSA) is 91.8 Å². The van der Waals surface area contributed by atoms with Crippen LogP contribution in [0.5, 0.6) is 0 Å². The molecule has 0 radical (unpaired) electrons. The number of fused-ring (bicyclic) bond motifs is 1. The molecule has 3 aromatic rings. The third-order valence-electron chi connectivity index (χ3n) is 4.83. The van der Waals surface area contributed by atoms with Crippen LogP contribution in [0.15, 0.2) is 47.4 Å². The molecule has 1 aliphatic heterocycles. The Bertz CT molecular complexity index is 1170. The van der Waals surface area contributed by atoms with Crippen molar-refractivity contribution in [3.63, 3.8) is 0 Å². The molecule has 10 heteroatoms. The number of benzene rings is 2. The molecule has 0 bridgehead atoms. The maximum Gasteiger partial charge on any atom is 0.257 e. The highest BCUT2D eigenvalue weighted by Gasteiger charge is 2.26. The van der Waals surface area contributed by atoms with Crippen molar-refractivity contribution < 1.29 is 17.9 Å². The number of morpholine rings is 1. The molecule has 2 aromatic carbocycles. The molecule has 2 heterocycles. The van der Waals surface area contributed by atoms with Crippen LogP contribution in [0.25, 0.3) is 10.2 Å². The summed E-state index contributed by atoms with van der Waals surface area (Å²) in [7, 11) is 0.288. The van der Waals surface area contributed by atoms with E-state index in [1.165, 1.54) is 15.6 Å². The summed E-state index contributed by atoms with van der Waals surface area (Å²) in [5.41, 5.74) is 2.16. The highest BCUT2D eigenvalue weighted by atomic mass is 32.2. The van der Waals surface area contributed by atoms with E-state index in [0.717, 1.165) is 5.69 Å². The molecule has 0 spiro atoms. The summed E-state index contributed by atoms with van der Waals surface area (Å²) in [5, 5.41) is 3.22. The lowest BCUT2D eigenvalue weighted by molar-refractivity contribution is 0.0730. The first-order chi connectivity index (χ1) is 14.3. The lowest BCUT2D eigenvalue weighted by Gasteiger charge is -2.25. The maximum atomic E-state index is 12.9. The van der Waals surface area contributed by atoms with Crippen molar-refractivity contribution in [1.82, 2.24) is 9.29 Å². The van der Waals surface area contributed by atoms with E-state index in [2.05, 4.69) is 10.3 Å². The van der Waals surface area contributed by atoms with E-state index in [0.29, 0.717) is 47.2 Å². The molecule has 1 N–H and O–H groups in total. The lowest BCUT2D eigenvalue weighted by Crippen LogP contribution is -2.40. The van der Waals surface area contributed by atoms with Crippen LogP contribution in [0.3, 0.4) is 0 Å². The van der Waals surface area contributed by atoms with Gasteiger partial charge in [-0.2, -0.15) is 4.31 Å². The van der Waals surface area contributed by atoms with Crippen molar-refractivity contribution in [3.8, 4) is 0 Å². The Morgan fingerprint density at radius 2 is 1.83 bits per heavy atom. The number of thiazole rings is 1. The first-order valence-corrected chi connectivity index (χ1v) is 11.7. The fraction of sp³-hybridized carbons (Fsp3) is 0.300. The van der Waals surface area contributed by atoms with E-state index in [4.69, 9.17) is 4.74 Å². The molecular weight excluding hydrogens is 424 g/mol. The van der Waals surface area contributed by atoms with Gasteiger partial charge in [-0.1, -0.05) is 11.3 Å². The third-order valence-corrected chi connectivity index (χ3v) is 7.66. The van der Waals surface area contributed by atoms with E-state index < -0.39 is 10.0 Å². The summed E-state index contributed by atoms with van der Waals surface area (Å²) >= 11 is 1.25. The van der Waals surface area contributed by atoms with Gasteiger partial charge in [0.25, 0.3) is 5.91 Å². The Hall–Kier alpha value is -2.53. The largest absolute Gasteiger partial charge is 0.379 e. The zero-order valence-electron chi connectivity index (χ0n) is 16.7. The molecule has 1 saturated heterocycles. The lowest BCUT2D eigenvalue weighted by atomic mass is 10.2. The van der Waals surface area contributed by atoms with E-state index in [9.17, 15) is 13.2 Å². The van der Waals surface area contributed by atoms with Crippen molar-refractivity contribution in [2.75, 3.05) is 50.6 Å². The zero-order chi connectivity index (χ0) is 21.3. The van der Waals surface area contributed by atoms with Gasteiger partial charge in [0.05, 0.1) is 28.3 Å². The summed E-state index contributed by atoms with van der Waals surface area (Å²) in [4.78, 5) is 19.1. The highest BCUT2D eigenvalue weighted by molar-refractivity contribution is 7.89. The summed E-state index contributed by atoms with van der Waals surface area (Å²) in [6, 6.07) is 12.1. The van der Waals surface area contributed by atoms with E-state index in [1.807, 2.05) is 31.1 Å². The summed E-state index contributed by atoms with van der Waals surface area (Å²) in [6.07, 6.45) is 0. The Morgan fingerprint density at radius 1 is 1.13 bits per heavy atom. The number of aromatic nitrogens is 1. The first-order valence-electron chi connectivity index (χ1n) is 9.42. The van der Waals surface area contributed by atoms with Crippen LogP contribution in [-0.4, -0.2) is 64.0 Å². The number of nitrogens with zero attached hydrogens (tertiary/aromatic N) is 3. The Balaban J connectivity index is 1.54. The van der Waals surface area contributed by atoms with Gasteiger partial charge in [0, 0.05) is 38.4 Å². The molecule has 8 nitrogen and oxygen atoms in total. The Labute approximate surface area is 179 Å². The zero-order valence-corrected chi connectivity index (χ0v) is 18.3. The van der Waals surface area contributed by atoms with Crippen molar-refractivity contribution in [3.05, 3.63) is 48.0 Å². The van der Waals surface area contributed by atoms with Gasteiger partial charge in [-0.3, -0.25) is 10.1 Å². The Kier molecular flexibility index (Phi) is 5.74. The standard InChI is InChI=1S/C20H22N4O4S2/c1-23(2)15-5-3-14(4-6-15)19(25)22-20-21-17-8-7-16(13-18(17)29-20)30(26,27)24-9-11-28-12-10-24/h3-8,13H,9-12H2,1-2H3,(H,21,22,25). The number of rotatable bonds is 5. The van der Waals surface area contributed by atoms with Gasteiger partial charge < -0.3 is 9.64 Å². The monoisotopic (exact) mass is 446 g/mol. The molecule has 0 atom stereocenters. The molecule has 30 heavy (non-hydrogen) atoms. The smallest absolute Gasteiger partial charge is 0.257 e. The molecule has 1 fully saturated rings. The highest BCUT2D eigenvalue weighted by Crippen LogP contribution is 2.30. The number of sulfonamides is 1. The van der Waals surface area contributed by atoms with Gasteiger partial charge in [-0.15, -0.1) is 0 Å². The van der Waals surface area contributed by atoms with Gasteiger partial charge in [-0.25, -0.2) is 13.4 Å². The molecule has 0 aliphatic carbocycles. The second kappa shape index (κ2) is 8.31. The van der Waals surface area contributed by atoms with Crippen LogP contribution >= 0.6 is 11.3 Å². The van der Waals surface area contributed by atoms with Crippen molar-refractivity contribution >= 4 is 48.3 Å². The van der Waals surface area contributed by atoms with Crippen LogP contribution in [0.4, 0.5) is 10.8 Å². The van der Waals surface area contributed by atoms with Gasteiger partial charge in [0.2, 0.25) is 10.0 Å². The second-order valence-corrected chi connectivity index (χ2v) is 10.0. The SMILES string of the molecule is CN(C)c1ccc(C(=O)Nc2nc3ccc(S(=O)(=O)N4CCOCC4)cc3s2)cc1. The van der Waals surface area contributed by atoms with Crippen LogP contribution in [0.2, 0.25) is 0 Å². The molecular formula is C20H22N4O4S2. The fourth-order valence-electron chi connectivity index (χ4n) is 3.14. The summed E-state index contributed by atoms with van der Waals surface area (Å²) in [6.45, 7) is 1.48.